The number of carbonyl (C=O) groups excluding carboxylic acids is 1. The molecular formula is C21H18N4O2. The molecule has 1 aliphatic heterocycles. The highest BCUT2D eigenvalue weighted by molar-refractivity contribution is 6.00. The van der Waals surface area contributed by atoms with Crippen molar-refractivity contribution in [1.29, 1.82) is 5.26 Å². The standard InChI is InChI=1S/C21H18N4O2/c1-2-27-16-10-8-15(9-11-16)20-17-18(14-6-4-3-5-7-14)23-24-19(17)21(26)25(20)13-12-22/h3-11,20H,2,13H2,1H3,(H,23,24). The minimum absolute atomic E-state index is 0.00740. The quantitative estimate of drug-likeness (QED) is 0.707. The number of hydrogen-bond donors (Lipinski definition) is 1. The molecule has 0 spiro atoms. The number of fused-ring (bicyclic) bond motifs is 1. The monoisotopic (exact) mass is 358 g/mol. The van der Waals surface area contributed by atoms with Crippen molar-refractivity contribution < 1.29 is 9.53 Å². The Morgan fingerprint density at radius 3 is 2.59 bits per heavy atom. The first kappa shape index (κ1) is 16.9. The Hall–Kier alpha value is -3.59. The lowest BCUT2D eigenvalue weighted by atomic mass is 9.96. The van der Waals surface area contributed by atoms with Gasteiger partial charge in [-0.3, -0.25) is 9.89 Å². The number of aromatic amines is 1. The molecule has 134 valence electrons. The summed E-state index contributed by atoms with van der Waals surface area (Å²) < 4.78 is 5.52. The zero-order valence-electron chi connectivity index (χ0n) is 14.8. The maximum Gasteiger partial charge on any atom is 0.273 e. The molecule has 2 heterocycles. The van der Waals surface area contributed by atoms with Crippen LogP contribution in [0.25, 0.3) is 11.3 Å². The van der Waals surface area contributed by atoms with Crippen molar-refractivity contribution in [2.75, 3.05) is 13.2 Å². The molecule has 6 nitrogen and oxygen atoms in total. The molecule has 1 unspecified atom stereocenters. The van der Waals surface area contributed by atoms with Gasteiger partial charge in [-0.15, -0.1) is 0 Å². The average molecular weight is 358 g/mol. The van der Waals surface area contributed by atoms with Gasteiger partial charge >= 0.3 is 0 Å². The molecular weight excluding hydrogens is 340 g/mol. The van der Waals surface area contributed by atoms with Gasteiger partial charge in [0, 0.05) is 11.1 Å². The normalized spacial score (nSPS) is 15.5. The number of nitriles is 1. The van der Waals surface area contributed by atoms with Crippen LogP contribution in [-0.2, 0) is 0 Å². The summed E-state index contributed by atoms with van der Waals surface area (Å²) in [5, 5.41) is 16.5. The van der Waals surface area contributed by atoms with Gasteiger partial charge in [-0.2, -0.15) is 10.4 Å². The molecule has 4 rings (SSSR count). The number of aromatic nitrogens is 2. The Labute approximate surface area is 157 Å². The Balaban J connectivity index is 1.83. The summed E-state index contributed by atoms with van der Waals surface area (Å²) in [5.74, 6) is 0.563. The fourth-order valence-electron chi connectivity index (χ4n) is 3.51. The molecule has 2 aromatic carbocycles. The lowest BCUT2D eigenvalue weighted by molar-refractivity contribution is 0.0767. The zero-order chi connectivity index (χ0) is 18.8. The number of amides is 1. The van der Waals surface area contributed by atoms with E-state index in [0.29, 0.717) is 12.3 Å². The minimum atomic E-state index is -0.364. The minimum Gasteiger partial charge on any atom is -0.494 e. The van der Waals surface area contributed by atoms with E-state index in [1.165, 1.54) is 0 Å². The van der Waals surface area contributed by atoms with E-state index in [4.69, 9.17) is 4.74 Å². The molecule has 1 N–H and O–H groups in total. The number of benzene rings is 2. The van der Waals surface area contributed by atoms with Crippen LogP contribution in [0.15, 0.2) is 54.6 Å². The van der Waals surface area contributed by atoms with Gasteiger partial charge in [0.15, 0.2) is 0 Å². The van der Waals surface area contributed by atoms with Gasteiger partial charge in [-0.25, -0.2) is 0 Å². The molecule has 0 saturated carbocycles. The third-order valence-corrected chi connectivity index (χ3v) is 4.66. The number of carbonyl (C=O) groups is 1. The second-order valence-corrected chi connectivity index (χ2v) is 6.22. The molecule has 0 saturated heterocycles. The van der Waals surface area contributed by atoms with Gasteiger partial charge in [0.2, 0.25) is 0 Å². The van der Waals surface area contributed by atoms with E-state index in [1.54, 1.807) is 4.90 Å². The van der Waals surface area contributed by atoms with E-state index in [1.807, 2.05) is 61.5 Å². The van der Waals surface area contributed by atoms with Gasteiger partial charge < -0.3 is 9.64 Å². The number of nitrogens with zero attached hydrogens (tertiary/aromatic N) is 3. The molecule has 1 amide bonds. The molecule has 0 radical (unpaired) electrons. The fourth-order valence-corrected chi connectivity index (χ4v) is 3.51. The average Bonchev–Trinajstić information content (AvgIpc) is 3.24. The topological polar surface area (TPSA) is 82.0 Å². The number of nitrogens with one attached hydrogen (secondary N) is 1. The summed E-state index contributed by atoms with van der Waals surface area (Å²) in [4.78, 5) is 14.4. The highest BCUT2D eigenvalue weighted by Gasteiger charge is 2.42. The van der Waals surface area contributed by atoms with Gasteiger partial charge in [0.25, 0.3) is 5.91 Å². The maximum atomic E-state index is 12.9. The molecule has 27 heavy (non-hydrogen) atoms. The zero-order valence-corrected chi connectivity index (χ0v) is 14.8. The van der Waals surface area contributed by atoms with Gasteiger partial charge in [-0.05, 0) is 24.6 Å². The Kier molecular flexibility index (Phi) is 4.35. The van der Waals surface area contributed by atoms with Crippen molar-refractivity contribution >= 4 is 5.91 Å². The third-order valence-electron chi connectivity index (χ3n) is 4.66. The lowest BCUT2D eigenvalue weighted by Crippen LogP contribution is -2.29. The molecule has 1 aromatic heterocycles. The number of hydrogen-bond acceptors (Lipinski definition) is 4. The molecule has 0 fully saturated rings. The summed E-state index contributed by atoms with van der Waals surface area (Å²) in [5.41, 5.74) is 3.84. The first-order valence-electron chi connectivity index (χ1n) is 8.79. The molecule has 3 aromatic rings. The Morgan fingerprint density at radius 1 is 1.19 bits per heavy atom. The second kappa shape index (κ2) is 6.96. The van der Waals surface area contributed by atoms with Crippen molar-refractivity contribution in [1.82, 2.24) is 15.1 Å². The molecule has 1 aliphatic rings. The Morgan fingerprint density at radius 2 is 1.93 bits per heavy atom. The van der Waals surface area contributed by atoms with Crippen LogP contribution in [0.3, 0.4) is 0 Å². The first-order valence-corrected chi connectivity index (χ1v) is 8.79. The Bertz CT molecular complexity index is 1000. The molecule has 6 heteroatoms. The van der Waals surface area contributed by atoms with Crippen LogP contribution in [0.1, 0.15) is 34.6 Å². The summed E-state index contributed by atoms with van der Waals surface area (Å²) >= 11 is 0. The van der Waals surface area contributed by atoms with Crippen LogP contribution in [0.2, 0.25) is 0 Å². The van der Waals surface area contributed by atoms with Crippen LogP contribution < -0.4 is 4.74 Å². The lowest BCUT2D eigenvalue weighted by Gasteiger charge is -2.24. The van der Waals surface area contributed by atoms with Crippen molar-refractivity contribution in [3.05, 3.63) is 71.4 Å². The van der Waals surface area contributed by atoms with Gasteiger partial charge in [-0.1, -0.05) is 42.5 Å². The molecule has 0 aliphatic carbocycles. The SMILES string of the molecule is CCOc1ccc(C2c3c(-c4ccccc4)n[nH]c3C(=O)N2CC#N)cc1. The van der Waals surface area contributed by atoms with Gasteiger partial charge in [0.1, 0.15) is 18.0 Å². The van der Waals surface area contributed by atoms with E-state index in [0.717, 1.165) is 28.1 Å². The van der Waals surface area contributed by atoms with Crippen LogP contribution in [0.5, 0.6) is 5.75 Å². The fraction of sp³-hybridized carbons (Fsp3) is 0.190. The third kappa shape index (κ3) is 2.83. The van der Waals surface area contributed by atoms with E-state index in [2.05, 4.69) is 16.3 Å². The predicted molar refractivity (Wildman–Crippen MR) is 100 cm³/mol. The predicted octanol–water partition coefficient (Wildman–Crippen LogP) is 3.54. The van der Waals surface area contributed by atoms with E-state index < -0.39 is 0 Å². The van der Waals surface area contributed by atoms with Crippen LogP contribution in [0.4, 0.5) is 0 Å². The largest absolute Gasteiger partial charge is 0.494 e. The van der Waals surface area contributed by atoms with Crippen molar-refractivity contribution in [3.8, 4) is 23.1 Å². The summed E-state index contributed by atoms with van der Waals surface area (Å²) in [6, 6.07) is 19.1. The summed E-state index contributed by atoms with van der Waals surface area (Å²) in [7, 11) is 0. The molecule has 1 atom stereocenters. The smallest absolute Gasteiger partial charge is 0.273 e. The van der Waals surface area contributed by atoms with Crippen LogP contribution in [0, 0.1) is 11.3 Å². The second-order valence-electron chi connectivity index (χ2n) is 6.22. The highest BCUT2D eigenvalue weighted by atomic mass is 16.5. The van der Waals surface area contributed by atoms with E-state index in [-0.39, 0.29) is 18.5 Å². The van der Waals surface area contributed by atoms with Crippen molar-refractivity contribution in [2.45, 2.75) is 13.0 Å². The van der Waals surface area contributed by atoms with Crippen molar-refractivity contribution in [3.63, 3.8) is 0 Å². The number of H-pyrrole nitrogens is 1. The maximum absolute atomic E-state index is 12.9. The molecule has 0 bridgehead atoms. The highest BCUT2D eigenvalue weighted by Crippen LogP contribution is 2.42. The summed E-state index contributed by atoms with van der Waals surface area (Å²) in [6.07, 6.45) is 0. The number of ether oxygens (including phenoxy) is 1. The van der Waals surface area contributed by atoms with Crippen LogP contribution >= 0.6 is 0 Å². The number of rotatable bonds is 5. The van der Waals surface area contributed by atoms with Gasteiger partial charge in [0.05, 0.1) is 24.4 Å². The van der Waals surface area contributed by atoms with E-state index in [9.17, 15) is 10.1 Å². The van der Waals surface area contributed by atoms with Crippen LogP contribution in [-0.4, -0.2) is 34.2 Å². The van der Waals surface area contributed by atoms with E-state index >= 15 is 0 Å². The summed E-state index contributed by atoms with van der Waals surface area (Å²) in [6.45, 7) is 2.53. The van der Waals surface area contributed by atoms with Crippen molar-refractivity contribution in [2.24, 2.45) is 0 Å². The first-order chi connectivity index (χ1) is 13.2.